The van der Waals surface area contributed by atoms with Crippen LogP contribution in [-0.2, 0) is 19.1 Å². The number of nitrogens with zero attached hydrogens (tertiary/aromatic N) is 1. The topological polar surface area (TPSA) is 55.8 Å². The molecule has 0 aromatic carbocycles. The molecule has 0 rings (SSSR count). The van der Waals surface area contributed by atoms with Crippen molar-refractivity contribution in [3.8, 4) is 0 Å². The second kappa shape index (κ2) is 32.3. The molecule has 0 aromatic heterocycles. The van der Waals surface area contributed by atoms with Crippen LogP contribution in [0.1, 0.15) is 194 Å². The van der Waals surface area contributed by atoms with Gasteiger partial charge in [0.15, 0.2) is 0 Å². The predicted octanol–water partition coefficient (Wildman–Crippen LogP) is 11.2. The lowest BCUT2D eigenvalue weighted by Crippen LogP contribution is -2.26. The van der Waals surface area contributed by atoms with Crippen LogP contribution in [0.15, 0.2) is 0 Å². The molecule has 0 N–H and O–H groups in total. The minimum Gasteiger partial charge on any atom is -0.462 e. The fourth-order valence-electron chi connectivity index (χ4n) is 5.88. The quantitative estimate of drug-likeness (QED) is 0.0547. The Morgan fingerprint density at radius 3 is 1.49 bits per heavy atom. The van der Waals surface area contributed by atoms with Gasteiger partial charge in [0, 0.05) is 12.8 Å². The highest BCUT2D eigenvalue weighted by Gasteiger charge is 2.19. The fourth-order valence-corrected chi connectivity index (χ4v) is 5.88. The Bertz CT molecular complexity index is 609. The molecule has 0 amide bonds. The predicted molar refractivity (Wildman–Crippen MR) is 185 cm³/mol. The van der Waals surface area contributed by atoms with Gasteiger partial charge in [0.05, 0.1) is 0 Å². The van der Waals surface area contributed by atoms with E-state index in [9.17, 15) is 9.59 Å². The van der Waals surface area contributed by atoms with Crippen molar-refractivity contribution in [2.75, 3.05) is 27.2 Å². The zero-order valence-corrected chi connectivity index (χ0v) is 29.7. The van der Waals surface area contributed by atoms with E-state index in [-0.39, 0.29) is 24.6 Å². The lowest BCUT2D eigenvalue weighted by atomic mass is 9.92. The normalized spacial score (nSPS) is 12.9. The van der Waals surface area contributed by atoms with E-state index in [2.05, 4.69) is 39.8 Å². The van der Waals surface area contributed by atoms with Crippen LogP contribution in [0.5, 0.6) is 0 Å². The first kappa shape index (κ1) is 41.9. The fraction of sp³-hybridized carbons (Fsp3) is 0.947. The molecule has 0 aliphatic carbocycles. The lowest BCUT2D eigenvalue weighted by Gasteiger charge is -2.20. The number of hydrogen-bond donors (Lipinski definition) is 0. The Morgan fingerprint density at radius 2 is 0.977 bits per heavy atom. The highest BCUT2D eigenvalue weighted by atomic mass is 16.6. The van der Waals surface area contributed by atoms with Gasteiger partial charge in [-0.1, -0.05) is 143 Å². The summed E-state index contributed by atoms with van der Waals surface area (Å²) in [6.07, 6.45) is 31.0. The maximum atomic E-state index is 12.9. The SMILES string of the molecule is CCCCCCCCCCCCC(COC(=O)CC(CCCCC)CCCCCCCCC)OC(=O)CCCCN(C)C. The third kappa shape index (κ3) is 30.7. The van der Waals surface area contributed by atoms with Crippen LogP contribution >= 0.6 is 0 Å². The second-order valence-corrected chi connectivity index (χ2v) is 13.5. The van der Waals surface area contributed by atoms with Gasteiger partial charge in [-0.2, -0.15) is 0 Å². The summed E-state index contributed by atoms with van der Waals surface area (Å²) in [7, 11) is 4.11. The van der Waals surface area contributed by atoms with Crippen molar-refractivity contribution in [1.82, 2.24) is 4.90 Å². The Hall–Kier alpha value is -1.10. The van der Waals surface area contributed by atoms with Gasteiger partial charge in [-0.3, -0.25) is 9.59 Å². The molecule has 0 bridgehead atoms. The minimum absolute atomic E-state index is 0.112. The Kier molecular flexibility index (Phi) is 31.5. The molecule has 43 heavy (non-hydrogen) atoms. The number of ether oxygens (including phenoxy) is 2. The van der Waals surface area contributed by atoms with Gasteiger partial charge in [0.1, 0.15) is 12.7 Å². The van der Waals surface area contributed by atoms with Crippen molar-refractivity contribution in [1.29, 1.82) is 0 Å². The molecule has 0 heterocycles. The highest BCUT2D eigenvalue weighted by molar-refractivity contribution is 5.70. The summed E-state index contributed by atoms with van der Waals surface area (Å²) in [5.41, 5.74) is 0. The van der Waals surface area contributed by atoms with Crippen LogP contribution < -0.4 is 0 Å². The minimum atomic E-state index is -0.319. The Balaban J connectivity index is 4.64. The molecule has 256 valence electrons. The summed E-state index contributed by atoms with van der Waals surface area (Å²) >= 11 is 0. The molecule has 5 nitrogen and oxygen atoms in total. The van der Waals surface area contributed by atoms with Crippen molar-refractivity contribution >= 4 is 11.9 Å². The van der Waals surface area contributed by atoms with E-state index < -0.39 is 0 Å². The molecule has 0 fully saturated rings. The van der Waals surface area contributed by atoms with E-state index in [4.69, 9.17) is 9.47 Å². The third-order valence-corrected chi connectivity index (χ3v) is 8.73. The number of hydrogen-bond acceptors (Lipinski definition) is 5. The Morgan fingerprint density at radius 1 is 0.535 bits per heavy atom. The molecule has 0 spiro atoms. The van der Waals surface area contributed by atoms with E-state index in [0.717, 1.165) is 51.5 Å². The van der Waals surface area contributed by atoms with Gasteiger partial charge in [-0.15, -0.1) is 0 Å². The van der Waals surface area contributed by atoms with Gasteiger partial charge in [0.25, 0.3) is 0 Å². The molecule has 2 unspecified atom stereocenters. The summed E-state index contributed by atoms with van der Waals surface area (Å²) in [6, 6.07) is 0. The molecule has 5 heteroatoms. The van der Waals surface area contributed by atoms with E-state index in [1.54, 1.807) is 0 Å². The molecule has 0 aliphatic heterocycles. The zero-order chi connectivity index (χ0) is 31.8. The van der Waals surface area contributed by atoms with Crippen LogP contribution in [0.2, 0.25) is 0 Å². The number of carbonyl (C=O) groups is 2. The molecule has 0 radical (unpaired) electrons. The average molecular weight is 610 g/mol. The lowest BCUT2D eigenvalue weighted by molar-refractivity contribution is -0.160. The van der Waals surface area contributed by atoms with Crippen LogP contribution in [0.25, 0.3) is 0 Å². The maximum Gasteiger partial charge on any atom is 0.306 e. The smallest absolute Gasteiger partial charge is 0.306 e. The van der Waals surface area contributed by atoms with Crippen molar-refractivity contribution < 1.29 is 19.1 Å². The summed E-state index contributed by atoms with van der Waals surface area (Å²) in [5, 5.41) is 0. The molecular formula is C38H75NO4. The summed E-state index contributed by atoms with van der Waals surface area (Å²) in [5.74, 6) is 0.150. The summed E-state index contributed by atoms with van der Waals surface area (Å²) < 4.78 is 11.7. The van der Waals surface area contributed by atoms with Gasteiger partial charge < -0.3 is 14.4 Å². The highest BCUT2D eigenvalue weighted by Crippen LogP contribution is 2.23. The molecule has 2 atom stereocenters. The molecule has 0 aliphatic rings. The molecule has 0 saturated heterocycles. The zero-order valence-electron chi connectivity index (χ0n) is 29.7. The number of esters is 2. The van der Waals surface area contributed by atoms with Crippen molar-refractivity contribution in [3.05, 3.63) is 0 Å². The first-order valence-corrected chi connectivity index (χ1v) is 18.9. The van der Waals surface area contributed by atoms with Crippen molar-refractivity contribution in [2.45, 2.75) is 200 Å². The van der Waals surface area contributed by atoms with E-state index >= 15 is 0 Å². The summed E-state index contributed by atoms with van der Waals surface area (Å²) in [6.45, 7) is 7.94. The van der Waals surface area contributed by atoms with E-state index in [1.165, 1.54) is 116 Å². The van der Waals surface area contributed by atoms with E-state index in [0.29, 0.717) is 18.8 Å². The number of unbranched alkanes of at least 4 members (excludes halogenated alkanes) is 18. The van der Waals surface area contributed by atoms with Crippen molar-refractivity contribution in [3.63, 3.8) is 0 Å². The van der Waals surface area contributed by atoms with Crippen LogP contribution in [0.3, 0.4) is 0 Å². The van der Waals surface area contributed by atoms with Gasteiger partial charge >= 0.3 is 11.9 Å². The Labute approximate surface area is 269 Å². The van der Waals surface area contributed by atoms with Gasteiger partial charge in [-0.05, 0) is 65.1 Å². The van der Waals surface area contributed by atoms with Gasteiger partial charge in [-0.25, -0.2) is 0 Å². The molecule has 0 saturated carbocycles. The van der Waals surface area contributed by atoms with Crippen LogP contribution in [-0.4, -0.2) is 50.2 Å². The number of carbonyl (C=O) groups excluding carboxylic acids is 2. The molecule has 0 aromatic rings. The second-order valence-electron chi connectivity index (χ2n) is 13.5. The third-order valence-electron chi connectivity index (χ3n) is 8.73. The summed E-state index contributed by atoms with van der Waals surface area (Å²) in [4.78, 5) is 27.7. The first-order valence-electron chi connectivity index (χ1n) is 18.9. The molecular weight excluding hydrogens is 534 g/mol. The van der Waals surface area contributed by atoms with Gasteiger partial charge in [0.2, 0.25) is 0 Å². The standard InChI is InChI=1S/C38H75NO4/c1-6-9-12-14-16-17-18-20-22-25-30-36(43-37(40)31-26-27-32-39(4)5)34-42-38(41)33-35(28-23-11-8-3)29-24-21-19-15-13-10-7-2/h35-36H,6-34H2,1-5H3. The largest absolute Gasteiger partial charge is 0.462 e. The number of rotatable bonds is 33. The monoisotopic (exact) mass is 610 g/mol. The van der Waals surface area contributed by atoms with E-state index in [1.807, 2.05) is 0 Å². The maximum absolute atomic E-state index is 12.9. The van der Waals surface area contributed by atoms with Crippen LogP contribution in [0, 0.1) is 5.92 Å². The first-order chi connectivity index (χ1) is 20.9. The average Bonchev–Trinajstić information content (AvgIpc) is 2.98. The van der Waals surface area contributed by atoms with Crippen molar-refractivity contribution in [2.24, 2.45) is 5.92 Å². The van der Waals surface area contributed by atoms with Crippen LogP contribution in [0.4, 0.5) is 0 Å².